The average Bonchev–Trinajstić information content (AvgIpc) is 2.51. The van der Waals surface area contributed by atoms with Gasteiger partial charge in [-0.05, 0) is 59.2 Å². The van der Waals surface area contributed by atoms with Crippen molar-refractivity contribution in [2.24, 2.45) is 0 Å². The summed E-state index contributed by atoms with van der Waals surface area (Å²) >= 11 is 0. The summed E-state index contributed by atoms with van der Waals surface area (Å²) in [5, 5.41) is 11.5. The maximum atomic E-state index is 12.0. The van der Waals surface area contributed by atoms with Gasteiger partial charge in [0.2, 0.25) is 0 Å². The van der Waals surface area contributed by atoms with Crippen molar-refractivity contribution in [1.29, 1.82) is 0 Å². The molecule has 8 nitrogen and oxygen atoms in total. The molecule has 0 saturated carbocycles. The summed E-state index contributed by atoms with van der Waals surface area (Å²) in [6, 6.07) is 5.36. The summed E-state index contributed by atoms with van der Waals surface area (Å²) in [7, 11) is 0. The molecule has 28 heavy (non-hydrogen) atoms. The van der Waals surface area contributed by atoms with Gasteiger partial charge in [-0.2, -0.15) is 0 Å². The number of hydrogen-bond acceptors (Lipinski definition) is 6. The van der Waals surface area contributed by atoms with E-state index in [0.717, 1.165) is 5.56 Å². The summed E-state index contributed by atoms with van der Waals surface area (Å²) in [4.78, 5) is 35.0. The number of carboxylic acid groups (broad SMARTS) is 1. The monoisotopic (exact) mass is 395 g/mol. The van der Waals surface area contributed by atoms with Gasteiger partial charge in [0.25, 0.3) is 0 Å². The zero-order valence-corrected chi connectivity index (χ0v) is 17.2. The highest BCUT2D eigenvalue weighted by atomic mass is 16.6. The molecule has 156 valence electrons. The fourth-order valence-corrected chi connectivity index (χ4v) is 1.99. The smallest absolute Gasteiger partial charge is 0.408 e. The summed E-state index contributed by atoms with van der Waals surface area (Å²) in [6.07, 6.45) is -0.829. The van der Waals surface area contributed by atoms with Crippen molar-refractivity contribution in [3.8, 4) is 0 Å². The van der Waals surface area contributed by atoms with Crippen LogP contribution >= 0.6 is 0 Å². The molecule has 0 radical (unpaired) electrons. The second kappa shape index (κ2) is 9.54. The molecule has 1 aromatic carbocycles. The largest absolute Gasteiger partial charge is 0.480 e. The summed E-state index contributed by atoms with van der Waals surface area (Å²) < 4.78 is 15.7. The Kier molecular flexibility index (Phi) is 7.99. The fourth-order valence-electron chi connectivity index (χ4n) is 1.99. The molecule has 0 unspecified atom stereocenters. The average molecular weight is 395 g/mol. The first-order valence-electron chi connectivity index (χ1n) is 8.89. The number of benzene rings is 1. The van der Waals surface area contributed by atoms with Crippen LogP contribution in [0.15, 0.2) is 24.3 Å². The highest BCUT2D eigenvalue weighted by Gasteiger charge is 2.24. The van der Waals surface area contributed by atoms with Crippen LogP contribution in [0.3, 0.4) is 0 Å². The Balaban J connectivity index is 2.55. The van der Waals surface area contributed by atoms with E-state index in [0.29, 0.717) is 5.56 Å². The zero-order chi connectivity index (χ0) is 21.5. The summed E-state index contributed by atoms with van der Waals surface area (Å²) in [5.41, 5.74) is -0.155. The second-order valence-electron chi connectivity index (χ2n) is 8.25. The van der Waals surface area contributed by atoms with Crippen molar-refractivity contribution >= 4 is 18.0 Å². The van der Waals surface area contributed by atoms with Gasteiger partial charge in [0.05, 0.1) is 18.8 Å². The molecule has 0 bridgehead atoms. The number of nitrogens with one attached hydrogen (secondary N) is 1. The molecule has 1 rings (SSSR count). The highest BCUT2D eigenvalue weighted by Crippen LogP contribution is 2.13. The first-order chi connectivity index (χ1) is 12.8. The Bertz CT molecular complexity index is 684. The van der Waals surface area contributed by atoms with Gasteiger partial charge >= 0.3 is 18.0 Å². The number of aliphatic carboxylic acids is 1. The maximum Gasteiger partial charge on any atom is 0.408 e. The minimum Gasteiger partial charge on any atom is -0.480 e. The van der Waals surface area contributed by atoms with Gasteiger partial charge in [0, 0.05) is 0 Å². The number of hydrogen-bond donors (Lipinski definition) is 2. The molecule has 1 atom stereocenters. The van der Waals surface area contributed by atoms with E-state index in [1.54, 1.807) is 65.8 Å². The second-order valence-corrected chi connectivity index (χ2v) is 8.25. The first kappa shape index (κ1) is 23.4. The standard InChI is InChI=1S/C20H29NO7/c1-19(2,3)27-17(24)14-9-7-13(8-10-14)11-26-12-15(16(22)23)21-18(25)28-20(4,5)6/h7-10,15H,11-12H2,1-6H3,(H,21,25)(H,22,23)/t15-/m0/s1. The molecule has 0 saturated heterocycles. The van der Waals surface area contributed by atoms with Crippen LogP contribution in [0.4, 0.5) is 4.79 Å². The van der Waals surface area contributed by atoms with Crippen molar-refractivity contribution in [3.05, 3.63) is 35.4 Å². The third-order valence-corrected chi connectivity index (χ3v) is 3.13. The molecule has 1 aromatic rings. The lowest BCUT2D eigenvalue weighted by molar-refractivity contribution is -0.141. The number of carbonyl (C=O) groups is 3. The molecular weight excluding hydrogens is 366 g/mol. The first-order valence-corrected chi connectivity index (χ1v) is 8.89. The maximum absolute atomic E-state index is 12.0. The number of ether oxygens (including phenoxy) is 3. The van der Waals surface area contributed by atoms with Gasteiger partial charge in [0.15, 0.2) is 6.04 Å². The number of alkyl carbamates (subject to hydrolysis) is 1. The Labute approximate surface area is 165 Å². The molecule has 8 heteroatoms. The van der Waals surface area contributed by atoms with E-state index in [9.17, 15) is 19.5 Å². The van der Waals surface area contributed by atoms with Crippen molar-refractivity contribution in [2.75, 3.05) is 6.61 Å². The molecule has 2 N–H and O–H groups in total. The third kappa shape index (κ3) is 9.36. The lowest BCUT2D eigenvalue weighted by Crippen LogP contribution is -2.46. The van der Waals surface area contributed by atoms with Gasteiger partial charge in [0.1, 0.15) is 11.2 Å². The molecule has 0 aromatic heterocycles. The Morgan fingerprint density at radius 1 is 0.964 bits per heavy atom. The van der Waals surface area contributed by atoms with Crippen LogP contribution in [0.5, 0.6) is 0 Å². The number of carboxylic acids is 1. The molecule has 0 fully saturated rings. The van der Waals surface area contributed by atoms with E-state index in [-0.39, 0.29) is 13.2 Å². The lowest BCUT2D eigenvalue weighted by Gasteiger charge is -2.22. The van der Waals surface area contributed by atoms with E-state index >= 15 is 0 Å². The normalized spacial score (nSPS) is 12.8. The molecule has 0 aliphatic heterocycles. The van der Waals surface area contributed by atoms with Gasteiger partial charge in [-0.15, -0.1) is 0 Å². The predicted molar refractivity (Wildman–Crippen MR) is 102 cm³/mol. The number of amides is 1. The number of carbonyl (C=O) groups excluding carboxylic acids is 2. The van der Waals surface area contributed by atoms with E-state index in [1.807, 2.05) is 0 Å². The minimum atomic E-state index is -1.24. The number of rotatable bonds is 7. The van der Waals surface area contributed by atoms with Crippen LogP contribution in [0.2, 0.25) is 0 Å². The lowest BCUT2D eigenvalue weighted by atomic mass is 10.1. The van der Waals surface area contributed by atoms with Crippen molar-refractivity contribution in [3.63, 3.8) is 0 Å². The van der Waals surface area contributed by atoms with Crippen LogP contribution in [-0.4, -0.2) is 47.0 Å². The third-order valence-electron chi connectivity index (χ3n) is 3.13. The SMILES string of the molecule is CC(C)(C)OC(=O)N[C@@H](COCc1ccc(C(=O)OC(C)(C)C)cc1)C(=O)O. The van der Waals surface area contributed by atoms with Crippen LogP contribution < -0.4 is 5.32 Å². The van der Waals surface area contributed by atoms with Crippen LogP contribution in [0.25, 0.3) is 0 Å². The summed E-state index contributed by atoms with van der Waals surface area (Å²) in [6.45, 7) is 10.3. The molecule has 1 amide bonds. The Morgan fingerprint density at radius 2 is 1.50 bits per heavy atom. The van der Waals surface area contributed by atoms with Gasteiger partial charge in [-0.25, -0.2) is 14.4 Å². The molecular formula is C20H29NO7. The van der Waals surface area contributed by atoms with E-state index < -0.39 is 35.3 Å². The van der Waals surface area contributed by atoms with E-state index in [2.05, 4.69) is 5.32 Å². The number of esters is 1. The zero-order valence-electron chi connectivity index (χ0n) is 17.2. The van der Waals surface area contributed by atoms with Crippen molar-refractivity contribution < 1.29 is 33.7 Å². The van der Waals surface area contributed by atoms with Crippen LogP contribution in [-0.2, 0) is 25.6 Å². The molecule has 0 heterocycles. The highest BCUT2D eigenvalue weighted by molar-refractivity contribution is 5.89. The van der Waals surface area contributed by atoms with Crippen molar-refractivity contribution in [1.82, 2.24) is 5.32 Å². The Hall–Kier alpha value is -2.61. The summed E-state index contributed by atoms with van der Waals surface area (Å²) in [5.74, 6) is -1.65. The molecule has 0 aliphatic carbocycles. The van der Waals surface area contributed by atoms with Crippen LogP contribution in [0, 0.1) is 0 Å². The minimum absolute atomic E-state index is 0.119. The quantitative estimate of drug-likeness (QED) is 0.682. The topological polar surface area (TPSA) is 111 Å². The van der Waals surface area contributed by atoms with Crippen molar-refractivity contribution in [2.45, 2.75) is 65.4 Å². The van der Waals surface area contributed by atoms with E-state index in [1.165, 1.54) is 0 Å². The molecule has 0 aliphatic rings. The molecule has 0 spiro atoms. The van der Waals surface area contributed by atoms with E-state index in [4.69, 9.17) is 14.2 Å². The predicted octanol–water partition coefficient (Wildman–Crippen LogP) is 3.14. The van der Waals surface area contributed by atoms with Crippen LogP contribution in [0.1, 0.15) is 57.5 Å². The van der Waals surface area contributed by atoms with Gasteiger partial charge in [-0.3, -0.25) is 0 Å². The Morgan fingerprint density at radius 3 is 1.96 bits per heavy atom. The van der Waals surface area contributed by atoms with Gasteiger partial charge in [-0.1, -0.05) is 12.1 Å². The van der Waals surface area contributed by atoms with Gasteiger partial charge < -0.3 is 24.6 Å². The fraction of sp³-hybridized carbons (Fsp3) is 0.550.